The molecule has 4 nitrogen and oxygen atoms in total. The van der Waals surface area contributed by atoms with Gasteiger partial charge in [-0.25, -0.2) is 0 Å². The fourth-order valence-electron chi connectivity index (χ4n) is 2.30. The van der Waals surface area contributed by atoms with E-state index in [1.165, 1.54) is 0 Å². The fraction of sp³-hybridized carbons (Fsp3) is 0.533. The lowest BCUT2D eigenvalue weighted by atomic mass is 10.0. The molecular weight excluding hydrogens is 320 g/mol. The molecule has 1 fully saturated rings. The van der Waals surface area contributed by atoms with E-state index in [1.807, 2.05) is 25.1 Å². The van der Waals surface area contributed by atoms with Gasteiger partial charge >= 0.3 is 0 Å². The van der Waals surface area contributed by atoms with Crippen molar-refractivity contribution >= 4 is 27.5 Å². The second-order valence-corrected chi connectivity index (χ2v) is 6.01. The molecule has 1 aromatic carbocycles. The number of nitrogens with one attached hydrogen (secondary N) is 2. The molecule has 1 aliphatic heterocycles. The summed E-state index contributed by atoms with van der Waals surface area (Å²) in [6, 6.07) is 5.93. The topological polar surface area (TPSA) is 50.4 Å². The van der Waals surface area contributed by atoms with Gasteiger partial charge in [0, 0.05) is 16.2 Å². The normalized spacial score (nSPS) is 21.9. The molecule has 1 heterocycles. The monoisotopic (exact) mass is 340 g/mol. The largest absolute Gasteiger partial charge is 0.379 e. The third-order valence-electron chi connectivity index (χ3n) is 3.50. The van der Waals surface area contributed by atoms with E-state index in [4.69, 9.17) is 4.74 Å². The maximum Gasteiger partial charge on any atom is 0.231 e. The summed E-state index contributed by atoms with van der Waals surface area (Å²) in [6.45, 7) is 6.13. The highest BCUT2D eigenvalue weighted by molar-refractivity contribution is 9.10. The Morgan fingerprint density at radius 3 is 2.95 bits per heavy atom. The van der Waals surface area contributed by atoms with Gasteiger partial charge in [0.25, 0.3) is 0 Å². The van der Waals surface area contributed by atoms with E-state index >= 15 is 0 Å². The van der Waals surface area contributed by atoms with E-state index in [1.54, 1.807) is 0 Å². The van der Waals surface area contributed by atoms with Gasteiger partial charge in [-0.05, 0) is 43.7 Å². The molecule has 2 N–H and O–H groups in total. The van der Waals surface area contributed by atoms with Crippen LogP contribution in [0.25, 0.3) is 0 Å². The first-order valence-electron chi connectivity index (χ1n) is 7.00. The SMILES string of the molecule is CCCNC1COCC1C(=O)Nc1ccc(Br)c(C)c1. The van der Waals surface area contributed by atoms with Crippen LogP contribution in [-0.4, -0.2) is 31.7 Å². The number of anilines is 1. The highest BCUT2D eigenvalue weighted by atomic mass is 79.9. The van der Waals surface area contributed by atoms with Gasteiger partial charge in [-0.2, -0.15) is 0 Å². The Balaban J connectivity index is 1.98. The summed E-state index contributed by atoms with van der Waals surface area (Å²) in [5.41, 5.74) is 1.93. The van der Waals surface area contributed by atoms with E-state index in [9.17, 15) is 4.79 Å². The Hall–Kier alpha value is -0.910. The predicted molar refractivity (Wildman–Crippen MR) is 83.9 cm³/mol. The molecule has 0 aliphatic carbocycles. The van der Waals surface area contributed by atoms with Gasteiger partial charge < -0.3 is 15.4 Å². The highest BCUT2D eigenvalue weighted by Gasteiger charge is 2.33. The van der Waals surface area contributed by atoms with Crippen molar-refractivity contribution < 1.29 is 9.53 Å². The third-order valence-corrected chi connectivity index (χ3v) is 4.39. The molecule has 0 aromatic heterocycles. The minimum atomic E-state index is -0.120. The molecule has 0 saturated carbocycles. The first kappa shape index (κ1) is 15.5. The Bertz CT molecular complexity index is 479. The molecule has 2 unspecified atom stereocenters. The number of rotatable bonds is 5. The Labute approximate surface area is 128 Å². The predicted octanol–water partition coefficient (Wildman–Crippen LogP) is 2.71. The minimum absolute atomic E-state index is 0.0258. The summed E-state index contributed by atoms with van der Waals surface area (Å²) in [4.78, 5) is 12.3. The number of amides is 1. The van der Waals surface area contributed by atoms with Gasteiger partial charge in [0.2, 0.25) is 5.91 Å². The zero-order valence-corrected chi connectivity index (χ0v) is 13.5. The molecular formula is C15H21BrN2O2. The molecule has 1 saturated heterocycles. The first-order valence-corrected chi connectivity index (χ1v) is 7.79. The van der Waals surface area contributed by atoms with Crippen LogP contribution in [0.5, 0.6) is 0 Å². The molecule has 110 valence electrons. The van der Waals surface area contributed by atoms with Crippen LogP contribution >= 0.6 is 15.9 Å². The zero-order chi connectivity index (χ0) is 14.5. The summed E-state index contributed by atoms with van der Waals surface area (Å²) in [6.07, 6.45) is 1.05. The van der Waals surface area contributed by atoms with Crippen LogP contribution in [0, 0.1) is 12.8 Å². The minimum Gasteiger partial charge on any atom is -0.379 e. The van der Waals surface area contributed by atoms with Gasteiger partial charge in [-0.15, -0.1) is 0 Å². The van der Waals surface area contributed by atoms with Crippen molar-refractivity contribution in [3.8, 4) is 0 Å². The number of carbonyl (C=O) groups excluding carboxylic acids is 1. The van der Waals surface area contributed by atoms with Crippen molar-refractivity contribution in [3.63, 3.8) is 0 Å². The lowest BCUT2D eigenvalue weighted by Crippen LogP contribution is -2.41. The number of aryl methyl sites for hydroxylation is 1. The second kappa shape index (κ2) is 7.20. The summed E-state index contributed by atoms with van der Waals surface area (Å²) in [5, 5.41) is 6.35. The van der Waals surface area contributed by atoms with Gasteiger partial charge in [0.1, 0.15) is 0 Å². The molecule has 1 amide bonds. The molecule has 5 heteroatoms. The number of hydrogen-bond donors (Lipinski definition) is 2. The average Bonchev–Trinajstić information content (AvgIpc) is 2.89. The van der Waals surface area contributed by atoms with Crippen molar-refractivity contribution in [2.45, 2.75) is 26.3 Å². The number of benzene rings is 1. The molecule has 0 spiro atoms. The molecule has 20 heavy (non-hydrogen) atoms. The number of hydrogen-bond acceptors (Lipinski definition) is 3. The van der Waals surface area contributed by atoms with Crippen molar-refractivity contribution in [3.05, 3.63) is 28.2 Å². The lowest BCUT2D eigenvalue weighted by molar-refractivity contribution is -0.120. The van der Waals surface area contributed by atoms with Gasteiger partial charge in [0.05, 0.1) is 19.1 Å². The zero-order valence-electron chi connectivity index (χ0n) is 11.9. The molecule has 1 aromatic rings. The van der Waals surface area contributed by atoms with Gasteiger partial charge in [0.15, 0.2) is 0 Å². The van der Waals surface area contributed by atoms with Crippen LogP contribution in [0.2, 0.25) is 0 Å². The molecule has 0 radical (unpaired) electrons. The van der Waals surface area contributed by atoms with Crippen molar-refractivity contribution in [2.24, 2.45) is 5.92 Å². The maximum atomic E-state index is 12.3. The van der Waals surface area contributed by atoms with E-state index in [0.29, 0.717) is 13.2 Å². The van der Waals surface area contributed by atoms with Crippen LogP contribution in [0.3, 0.4) is 0 Å². The van der Waals surface area contributed by atoms with E-state index in [-0.39, 0.29) is 17.9 Å². The van der Waals surface area contributed by atoms with Crippen LogP contribution in [0.15, 0.2) is 22.7 Å². The summed E-state index contributed by atoms with van der Waals surface area (Å²) in [5.74, 6) is -0.0941. The number of ether oxygens (including phenoxy) is 1. The van der Waals surface area contributed by atoms with Crippen LogP contribution in [0.1, 0.15) is 18.9 Å². The summed E-state index contributed by atoms with van der Waals surface area (Å²) in [7, 11) is 0. The van der Waals surface area contributed by atoms with Crippen LogP contribution < -0.4 is 10.6 Å². The molecule has 2 atom stereocenters. The highest BCUT2D eigenvalue weighted by Crippen LogP contribution is 2.22. The number of carbonyl (C=O) groups is 1. The Morgan fingerprint density at radius 1 is 1.45 bits per heavy atom. The van der Waals surface area contributed by atoms with Gasteiger partial charge in [-0.1, -0.05) is 22.9 Å². The quantitative estimate of drug-likeness (QED) is 0.866. The van der Waals surface area contributed by atoms with Gasteiger partial charge in [-0.3, -0.25) is 4.79 Å². The molecule has 2 rings (SSSR count). The summed E-state index contributed by atoms with van der Waals surface area (Å²) >= 11 is 3.46. The third kappa shape index (κ3) is 3.81. The average molecular weight is 341 g/mol. The molecule has 0 bridgehead atoms. The van der Waals surface area contributed by atoms with Crippen molar-refractivity contribution in [2.75, 3.05) is 25.1 Å². The summed E-state index contributed by atoms with van der Waals surface area (Å²) < 4.78 is 6.48. The van der Waals surface area contributed by atoms with Crippen LogP contribution in [-0.2, 0) is 9.53 Å². The Morgan fingerprint density at radius 2 is 2.25 bits per heavy atom. The Kier molecular flexibility index (Phi) is 5.57. The van der Waals surface area contributed by atoms with Crippen molar-refractivity contribution in [1.82, 2.24) is 5.32 Å². The van der Waals surface area contributed by atoms with Crippen LogP contribution in [0.4, 0.5) is 5.69 Å². The number of halogens is 1. The smallest absolute Gasteiger partial charge is 0.231 e. The lowest BCUT2D eigenvalue weighted by Gasteiger charge is -2.18. The van der Waals surface area contributed by atoms with Crippen molar-refractivity contribution in [1.29, 1.82) is 0 Å². The second-order valence-electron chi connectivity index (χ2n) is 5.16. The maximum absolute atomic E-state index is 12.3. The van der Waals surface area contributed by atoms with E-state index in [2.05, 4.69) is 33.5 Å². The standard InChI is InChI=1S/C15H21BrN2O2/c1-3-6-17-14-9-20-8-12(14)15(19)18-11-4-5-13(16)10(2)7-11/h4-5,7,12,14,17H,3,6,8-9H2,1-2H3,(H,18,19). The first-order chi connectivity index (χ1) is 9.61. The molecule has 1 aliphatic rings. The fourth-order valence-corrected chi connectivity index (χ4v) is 2.55. The van der Waals surface area contributed by atoms with E-state index in [0.717, 1.165) is 28.7 Å². The van der Waals surface area contributed by atoms with E-state index < -0.39 is 0 Å².